The third-order valence-corrected chi connectivity index (χ3v) is 5.58. The molecule has 4 N–H and O–H groups in total. The van der Waals surface area contributed by atoms with E-state index in [2.05, 4.69) is 10.6 Å². The highest BCUT2D eigenvalue weighted by molar-refractivity contribution is 8.00. The second-order valence-corrected chi connectivity index (χ2v) is 8.18. The summed E-state index contributed by atoms with van der Waals surface area (Å²) in [6.07, 6.45) is 0. The van der Waals surface area contributed by atoms with Crippen LogP contribution in [0.25, 0.3) is 0 Å². The highest BCUT2D eigenvalue weighted by Crippen LogP contribution is 2.23. The Morgan fingerprint density at radius 1 is 0.788 bits per heavy atom. The molecule has 0 aliphatic heterocycles. The number of aromatic carboxylic acids is 2. The first-order valence-corrected chi connectivity index (χ1v) is 10.8. The number of hydrogen-bond acceptors (Lipinski definition) is 5. The van der Waals surface area contributed by atoms with E-state index in [-0.39, 0.29) is 22.8 Å². The number of carboxylic acid groups (broad SMARTS) is 2. The van der Waals surface area contributed by atoms with E-state index in [4.69, 9.17) is 16.7 Å². The Labute approximate surface area is 197 Å². The monoisotopic (exact) mass is 484 g/mol. The van der Waals surface area contributed by atoms with E-state index >= 15 is 0 Å². The van der Waals surface area contributed by atoms with Gasteiger partial charge in [0.2, 0.25) is 5.91 Å². The van der Waals surface area contributed by atoms with E-state index in [0.717, 1.165) is 18.2 Å². The van der Waals surface area contributed by atoms with Crippen molar-refractivity contribution in [2.75, 3.05) is 16.4 Å². The Hall–Kier alpha value is -3.82. The van der Waals surface area contributed by atoms with Crippen molar-refractivity contribution in [1.29, 1.82) is 0 Å². The summed E-state index contributed by atoms with van der Waals surface area (Å²) < 4.78 is 0. The SMILES string of the molecule is O=C(CSc1cccc(NC(=O)c2ccc(C(=O)O)cc2C(=O)O)c1)Nc1ccc(Cl)cc1. The number of carbonyl (C=O) groups is 4. The topological polar surface area (TPSA) is 133 Å². The van der Waals surface area contributed by atoms with Crippen LogP contribution >= 0.6 is 23.4 Å². The van der Waals surface area contributed by atoms with E-state index in [1.54, 1.807) is 48.5 Å². The van der Waals surface area contributed by atoms with Crippen LogP contribution in [0.1, 0.15) is 31.1 Å². The van der Waals surface area contributed by atoms with Crippen molar-refractivity contribution in [3.8, 4) is 0 Å². The van der Waals surface area contributed by atoms with Gasteiger partial charge in [0.15, 0.2) is 0 Å². The van der Waals surface area contributed by atoms with Gasteiger partial charge in [-0.15, -0.1) is 11.8 Å². The lowest BCUT2D eigenvalue weighted by atomic mass is 10.0. The van der Waals surface area contributed by atoms with E-state index in [1.165, 1.54) is 11.8 Å². The Balaban J connectivity index is 1.65. The molecule has 0 radical (unpaired) electrons. The van der Waals surface area contributed by atoms with Gasteiger partial charge in [0.05, 0.1) is 22.4 Å². The predicted molar refractivity (Wildman–Crippen MR) is 126 cm³/mol. The number of nitrogens with one attached hydrogen (secondary N) is 2. The lowest BCUT2D eigenvalue weighted by Gasteiger charge is -2.10. The molecule has 0 spiro atoms. The van der Waals surface area contributed by atoms with Gasteiger partial charge in [-0.3, -0.25) is 9.59 Å². The first-order chi connectivity index (χ1) is 15.7. The molecule has 33 heavy (non-hydrogen) atoms. The Morgan fingerprint density at radius 2 is 1.52 bits per heavy atom. The molecule has 3 rings (SSSR count). The van der Waals surface area contributed by atoms with Gasteiger partial charge >= 0.3 is 11.9 Å². The van der Waals surface area contributed by atoms with Gasteiger partial charge in [-0.2, -0.15) is 0 Å². The van der Waals surface area contributed by atoms with E-state index in [0.29, 0.717) is 21.3 Å². The molecule has 0 aliphatic rings. The van der Waals surface area contributed by atoms with Crippen molar-refractivity contribution in [2.24, 2.45) is 0 Å². The summed E-state index contributed by atoms with van der Waals surface area (Å²) in [6.45, 7) is 0. The van der Waals surface area contributed by atoms with Crippen LogP contribution < -0.4 is 10.6 Å². The van der Waals surface area contributed by atoms with Crippen LogP contribution in [-0.4, -0.2) is 39.7 Å². The van der Waals surface area contributed by atoms with Crippen molar-refractivity contribution >= 4 is 58.5 Å². The highest BCUT2D eigenvalue weighted by Gasteiger charge is 2.19. The number of anilines is 2. The zero-order valence-electron chi connectivity index (χ0n) is 16.9. The summed E-state index contributed by atoms with van der Waals surface area (Å²) in [5.74, 6) is -3.51. The van der Waals surface area contributed by atoms with E-state index in [9.17, 15) is 24.3 Å². The van der Waals surface area contributed by atoms with Gasteiger partial charge in [0.25, 0.3) is 5.91 Å². The smallest absolute Gasteiger partial charge is 0.336 e. The average Bonchev–Trinajstić information content (AvgIpc) is 2.79. The minimum absolute atomic E-state index is 0.125. The van der Waals surface area contributed by atoms with Crippen molar-refractivity contribution in [1.82, 2.24) is 0 Å². The normalized spacial score (nSPS) is 10.3. The van der Waals surface area contributed by atoms with Crippen LogP contribution in [0.3, 0.4) is 0 Å². The van der Waals surface area contributed by atoms with Crippen LogP contribution in [0.5, 0.6) is 0 Å². The summed E-state index contributed by atoms with van der Waals surface area (Å²) in [5, 5.41) is 24.3. The number of benzene rings is 3. The molecule has 0 saturated heterocycles. The Morgan fingerprint density at radius 3 is 2.18 bits per heavy atom. The molecule has 0 aliphatic carbocycles. The third kappa shape index (κ3) is 6.58. The maximum Gasteiger partial charge on any atom is 0.336 e. The number of thioether (sulfide) groups is 1. The van der Waals surface area contributed by atoms with Crippen molar-refractivity contribution < 1.29 is 29.4 Å². The molecule has 0 fully saturated rings. The zero-order chi connectivity index (χ0) is 24.0. The summed E-state index contributed by atoms with van der Waals surface area (Å²) in [5.41, 5.74) is 0.180. The van der Waals surface area contributed by atoms with Crippen molar-refractivity contribution in [3.05, 3.63) is 88.4 Å². The number of carboxylic acids is 2. The third-order valence-electron chi connectivity index (χ3n) is 4.33. The number of amides is 2. The predicted octanol–water partition coefficient (Wildman–Crippen LogP) is 4.72. The first-order valence-electron chi connectivity index (χ1n) is 9.43. The number of carbonyl (C=O) groups excluding carboxylic acids is 2. The highest BCUT2D eigenvalue weighted by atomic mass is 35.5. The second kappa shape index (κ2) is 10.7. The van der Waals surface area contributed by atoms with Crippen LogP contribution in [0.15, 0.2) is 71.6 Å². The first kappa shape index (κ1) is 23.8. The fourth-order valence-electron chi connectivity index (χ4n) is 2.79. The molecule has 0 saturated carbocycles. The quantitative estimate of drug-likeness (QED) is 0.340. The minimum atomic E-state index is -1.42. The van der Waals surface area contributed by atoms with Crippen molar-refractivity contribution in [2.45, 2.75) is 4.90 Å². The molecular weight excluding hydrogens is 468 g/mol. The fourth-order valence-corrected chi connectivity index (χ4v) is 3.67. The molecule has 0 atom stereocenters. The lowest BCUT2D eigenvalue weighted by Crippen LogP contribution is -2.17. The molecule has 0 aromatic heterocycles. The molecule has 10 heteroatoms. The van der Waals surface area contributed by atoms with Gasteiger partial charge < -0.3 is 20.8 Å². The summed E-state index contributed by atoms with van der Waals surface area (Å²) >= 11 is 7.08. The van der Waals surface area contributed by atoms with Gasteiger partial charge in [-0.1, -0.05) is 17.7 Å². The van der Waals surface area contributed by atoms with Crippen LogP contribution in [0.4, 0.5) is 11.4 Å². The summed E-state index contributed by atoms with van der Waals surface area (Å²) in [6, 6.07) is 16.7. The zero-order valence-corrected chi connectivity index (χ0v) is 18.4. The molecule has 3 aromatic carbocycles. The van der Waals surface area contributed by atoms with Gasteiger partial charge in [0.1, 0.15) is 0 Å². The molecular formula is C23H17ClN2O6S. The van der Waals surface area contributed by atoms with Gasteiger partial charge in [0, 0.05) is 21.3 Å². The molecule has 0 bridgehead atoms. The average molecular weight is 485 g/mol. The number of halogens is 1. The largest absolute Gasteiger partial charge is 0.478 e. The lowest BCUT2D eigenvalue weighted by molar-refractivity contribution is -0.113. The summed E-state index contributed by atoms with van der Waals surface area (Å²) in [7, 11) is 0. The molecule has 0 unspecified atom stereocenters. The number of rotatable bonds is 8. The van der Waals surface area contributed by atoms with Gasteiger partial charge in [-0.05, 0) is 60.7 Å². The molecule has 3 aromatic rings. The van der Waals surface area contributed by atoms with Crippen LogP contribution in [0, 0.1) is 0 Å². The molecule has 2 amide bonds. The second-order valence-electron chi connectivity index (χ2n) is 6.70. The molecule has 0 heterocycles. The van der Waals surface area contributed by atoms with Crippen LogP contribution in [-0.2, 0) is 4.79 Å². The van der Waals surface area contributed by atoms with Crippen LogP contribution in [0.2, 0.25) is 5.02 Å². The fraction of sp³-hybridized carbons (Fsp3) is 0.0435. The minimum Gasteiger partial charge on any atom is -0.478 e. The maximum absolute atomic E-state index is 12.6. The van der Waals surface area contributed by atoms with E-state index in [1.807, 2.05) is 0 Å². The van der Waals surface area contributed by atoms with Gasteiger partial charge in [-0.25, -0.2) is 9.59 Å². The van der Waals surface area contributed by atoms with Crippen molar-refractivity contribution in [3.63, 3.8) is 0 Å². The number of hydrogen-bond donors (Lipinski definition) is 4. The van der Waals surface area contributed by atoms with E-state index < -0.39 is 23.4 Å². The molecule has 168 valence electrons. The standard InChI is InChI=1S/C23H17ClN2O6S/c24-14-5-7-15(8-6-14)25-20(27)12-33-17-3-1-2-16(11-17)26-21(28)18-9-4-13(22(29)30)10-19(18)23(31)32/h1-11H,12H2,(H,25,27)(H,26,28)(H,29,30)(H,31,32). The Kier molecular flexibility index (Phi) is 7.70. The maximum atomic E-state index is 12.6. The summed E-state index contributed by atoms with van der Waals surface area (Å²) in [4.78, 5) is 48.1. The Bertz CT molecular complexity index is 1230. The molecule has 8 nitrogen and oxygen atoms in total.